The molecular formula is C19H24N6O5S. The van der Waals surface area contributed by atoms with Crippen LogP contribution in [-0.2, 0) is 35.5 Å². The van der Waals surface area contributed by atoms with Gasteiger partial charge in [0.05, 0.1) is 11.2 Å². The number of fused-ring (bicyclic) bond motifs is 1. The highest BCUT2D eigenvalue weighted by Crippen LogP contribution is 2.15. The molecule has 3 aromatic rings. The van der Waals surface area contributed by atoms with Gasteiger partial charge in [-0.25, -0.2) is 22.9 Å². The predicted molar refractivity (Wildman–Crippen MR) is 115 cm³/mol. The first-order valence-corrected chi connectivity index (χ1v) is 11.1. The van der Waals surface area contributed by atoms with E-state index in [-0.39, 0.29) is 28.6 Å². The quantitative estimate of drug-likeness (QED) is 0.528. The van der Waals surface area contributed by atoms with Gasteiger partial charge in [-0.05, 0) is 37.6 Å². The van der Waals surface area contributed by atoms with Gasteiger partial charge in [0.15, 0.2) is 11.2 Å². The van der Waals surface area contributed by atoms with Gasteiger partial charge in [0.25, 0.3) is 5.56 Å². The zero-order chi connectivity index (χ0) is 22.9. The van der Waals surface area contributed by atoms with Crippen LogP contribution in [0.2, 0.25) is 0 Å². The number of rotatable bonds is 7. The van der Waals surface area contributed by atoms with E-state index < -0.39 is 27.2 Å². The lowest BCUT2D eigenvalue weighted by atomic mass is 10.3. The number of aryl methyl sites for hydroxylation is 1. The van der Waals surface area contributed by atoms with Crippen LogP contribution in [0.15, 0.2) is 45.1 Å². The highest BCUT2D eigenvalue weighted by atomic mass is 32.2. The second-order valence-electron chi connectivity index (χ2n) is 7.25. The highest BCUT2D eigenvalue weighted by Gasteiger charge is 2.18. The molecule has 1 amide bonds. The summed E-state index contributed by atoms with van der Waals surface area (Å²) in [4.78, 5) is 41.1. The third-order valence-corrected chi connectivity index (χ3v) is 6.55. The van der Waals surface area contributed by atoms with Crippen LogP contribution in [-0.4, -0.2) is 39.1 Å². The molecule has 3 rings (SSSR count). The molecule has 166 valence electrons. The van der Waals surface area contributed by atoms with Crippen LogP contribution in [0.4, 0.5) is 5.69 Å². The van der Waals surface area contributed by atoms with Crippen molar-refractivity contribution in [2.45, 2.75) is 37.8 Å². The lowest BCUT2D eigenvalue weighted by Gasteiger charge is -2.12. The lowest BCUT2D eigenvalue weighted by molar-refractivity contribution is -0.116. The summed E-state index contributed by atoms with van der Waals surface area (Å²) in [6.07, 6.45) is 1.98. The first-order chi connectivity index (χ1) is 14.5. The molecule has 0 radical (unpaired) electrons. The first kappa shape index (κ1) is 22.4. The Balaban J connectivity index is 1.78. The molecule has 2 heterocycles. The standard InChI is InChI=1S/C19H24N6O5S/c1-5-12(2)22-31(29,30)14-8-6-13(7-9-14)21-15(26)10-25-11-20-17-16(25)18(27)24(4)19(28)23(17)3/h6-9,11-12,22H,5,10H2,1-4H3,(H,21,26). The second-order valence-corrected chi connectivity index (χ2v) is 8.97. The Labute approximate surface area is 178 Å². The Morgan fingerprint density at radius 3 is 2.39 bits per heavy atom. The number of anilines is 1. The number of nitrogens with one attached hydrogen (secondary N) is 2. The molecule has 1 aromatic carbocycles. The summed E-state index contributed by atoms with van der Waals surface area (Å²) < 4.78 is 30.7. The lowest BCUT2D eigenvalue weighted by Crippen LogP contribution is -2.37. The maximum atomic E-state index is 12.5. The molecule has 31 heavy (non-hydrogen) atoms. The number of carbonyl (C=O) groups excluding carboxylic acids is 1. The fourth-order valence-electron chi connectivity index (χ4n) is 3.01. The maximum absolute atomic E-state index is 12.5. The van der Waals surface area contributed by atoms with Crippen molar-refractivity contribution in [1.82, 2.24) is 23.4 Å². The van der Waals surface area contributed by atoms with Crippen LogP contribution in [0, 0.1) is 0 Å². The third-order valence-electron chi connectivity index (χ3n) is 4.95. The van der Waals surface area contributed by atoms with Crippen LogP contribution in [0.25, 0.3) is 11.2 Å². The van der Waals surface area contributed by atoms with Crippen molar-refractivity contribution in [3.05, 3.63) is 51.4 Å². The van der Waals surface area contributed by atoms with Gasteiger partial charge < -0.3 is 9.88 Å². The molecule has 0 aliphatic heterocycles. The van der Waals surface area contributed by atoms with Gasteiger partial charge in [0, 0.05) is 25.8 Å². The third kappa shape index (κ3) is 4.44. The number of hydrogen-bond acceptors (Lipinski definition) is 6. The molecule has 0 fully saturated rings. The second kappa shape index (κ2) is 8.47. The summed E-state index contributed by atoms with van der Waals surface area (Å²) in [5, 5.41) is 2.66. The van der Waals surface area contributed by atoms with Crippen molar-refractivity contribution in [2.75, 3.05) is 5.32 Å². The van der Waals surface area contributed by atoms with Gasteiger partial charge in [0.2, 0.25) is 15.9 Å². The van der Waals surface area contributed by atoms with Gasteiger partial charge in [-0.15, -0.1) is 0 Å². The summed E-state index contributed by atoms with van der Waals surface area (Å²) >= 11 is 0. The summed E-state index contributed by atoms with van der Waals surface area (Å²) in [5.41, 5.74) is -0.337. The summed E-state index contributed by atoms with van der Waals surface area (Å²) in [5.74, 6) is -0.441. The van der Waals surface area contributed by atoms with Crippen LogP contribution < -0.4 is 21.3 Å². The topological polar surface area (TPSA) is 137 Å². The van der Waals surface area contributed by atoms with Gasteiger partial charge in [-0.2, -0.15) is 0 Å². The molecule has 1 atom stereocenters. The first-order valence-electron chi connectivity index (χ1n) is 9.58. The number of amides is 1. The fraction of sp³-hybridized carbons (Fsp3) is 0.368. The minimum absolute atomic E-state index is 0.0933. The number of nitrogens with zero attached hydrogens (tertiary/aromatic N) is 4. The van der Waals surface area contributed by atoms with E-state index in [4.69, 9.17) is 0 Å². The Kier molecular flexibility index (Phi) is 6.13. The van der Waals surface area contributed by atoms with E-state index in [0.717, 1.165) is 4.57 Å². The molecule has 0 saturated carbocycles. The average Bonchev–Trinajstić information content (AvgIpc) is 3.14. The Morgan fingerprint density at radius 2 is 1.77 bits per heavy atom. The fourth-order valence-corrected chi connectivity index (χ4v) is 4.33. The van der Waals surface area contributed by atoms with Crippen molar-refractivity contribution in [3.63, 3.8) is 0 Å². The molecule has 12 heteroatoms. The number of sulfonamides is 1. The van der Waals surface area contributed by atoms with E-state index in [1.807, 2.05) is 6.92 Å². The molecular weight excluding hydrogens is 424 g/mol. The molecule has 0 aliphatic carbocycles. The zero-order valence-corrected chi connectivity index (χ0v) is 18.4. The Morgan fingerprint density at radius 1 is 1.13 bits per heavy atom. The van der Waals surface area contributed by atoms with Crippen LogP contribution >= 0.6 is 0 Å². The van der Waals surface area contributed by atoms with E-state index in [0.29, 0.717) is 12.1 Å². The number of hydrogen-bond donors (Lipinski definition) is 2. The van der Waals surface area contributed by atoms with Crippen LogP contribution in [0.3, 0.4) is 0 Å². The van der Waals surface area contributed by atoms with Crippen molar-refractivity contribution >= 4 is 32.8 Å². The minimum Gasteiger partial charge on any atom is -0.325 e. The van der Waals surface area contributed by atoms with E-state index in [2.05, 4.69) is 15.0 Å². The number of carbonyl (C=O) groups is 1. The van der Waals surface area contributed by atoms with E-state index in [1.165, 1.54) is 53.8 Å². The summed E-state index contributed by atoms with van der Waals surface area (Å²) in [7, 11) is -0.791. The largest absolute Gasteiger partial charge is 0.332 e. The van der Waals surface area contributed by atoms with Gasteiger partial charge in [-0.1, -0.05) is 6.92 Å². The number of aromatic nitrogens is 4. The van der Waals surface area contributed by atoms with Crippen molar-refractivity contribution in [2.24, 2.45) is 14.1 Å². The van der Waals surface area contributed by atoms with Gasteiger partial charge in [-0.3, -0.25) is 18.7 Å². The monoisotopic (exact) mass is 448 g/mol. The van der Waals surface area contributed by atoms with E-state index in [1.54, 1.807) is 6.92 Å². The minimum atomic E-state index is -3.64. The molecule has 2 N–H and O–H groups in total. The average molecular weight is 449 g/mol. The van der Waals surface area contributed by atoms with E-state index >= 15 is 0 Å². The molecule has 1 unspecified atom stereocenters. The van der Waals surface area contributed by atoms with Crippen molar-refractivity contribution in [3.8, 4) is 0 Å². The van der Waals surface area contributed by atoms with Gasteiger partial charge in [0.1, 0.15) is 6.54 Å². The number of benzene rings is 1. The zero-order valence-electron chi connectivity index (χ0n) is 17.6. The normalized spacial score (nSPS) is 12.8. The molecule has 2 aromatic heterocycles. The Hall–Kier alpha value is -3.25. The van der Waals surface area contributed by atoms with Gasteiger partial charge >= 0.3 is 5.69 Å². The van der Waals surface area contributed by atoms with Crippen LogP contribution in [0.5, 0.6) is 0 Å². The van der Waals surface area contributed by atoms with Crippen molar-refractivity contribution in [1.29, 1.82) is 0 Å². The SMILES string of the molecule is CCC(C)NS(=O)(=O)c1ccc(NC(=O)Cn2cnc3c2c(=O)n(C)c(=O)n3C)cc1. The molecule has 11 nitrogen and oxygen atoms in total. The highest BCUT2D eigenvalue weighted by molar-refractivity contribution is 7.89. The number of imidazole rings is 1. The summed E-state index contributed by atoms with van der Waals surface area (Å²) in [6.45, 7) is 3.45. The van der Waals surface area contributed by atoms with Crippen LogP contribution in [0.1, 0.15) is 20.3 Å². The molecule has 0 spiro atoms. The maximum Gasteiger partial charge on any atom is 0.332 e. The molecule has 0 aliphatic rings. The van der Waals surface area contributed by atoms with Crippen molar-refractivity contribution < 1.29 is 13.2 Å². The van der Waals surface area contributed by atoms with E-state index in [9.17, 15) is 22.8 Å². The molecule has 0 bridgehead atoms. The summed E-state index contributed by atoms with van der Waals surface area (Å²) in [6, 6.07) is 5.58. The molecule has 0 saturated heterocycles. The Bertz CT molecular complexity index is 1350. The predicted octanol–water partition coefficient (Wildman–Crippen LogP) is 0.149. The smallest absolute Gasteiger partial charge is 0.325 e.